The number of hydrogen-bond donors (Lipinski definition) is 0. The Labute approximate surface area is 233 Å². The molecule has 38 heavy (non-hydrogen) atoms. The maximum absolute atomic E-state index is 12.0. The lowest BCUT2D eigenvalue weighted by molar-refractivity contribution is -0.152. The van der Waals surface area contributed by atoms with E-state index in [0.29, 0.717) is 12.8 Å². The molecule has 6 nitrogen and oxygen atoms in total. The first-order valence-electron chi connectivity index (χ1n) is 16.3. The van der Waals surface area contributed by atoms with Crippen molar-refractivity contribution in [3.8, 4) is 0 Å². The van der Waals surface area contributed by atoms with Crippen LogP contribution in [0.4, 0.5) is 0 Å². The van der Waals surface area contributed by atoms with E-state index >= 15 is 0 Å². The summed E-state index contributed by atoms with van der Waals surface area (Å²) in [5, 5.41) is 0. The number of unbranched alkanes of at least 4 members (excludes halogenated alkanes) is 16. The van der Waals surface area contributed by atoms with E-state index in [9.17, 15) is 9.59 Å². The highest BCUT2D eigenvalue weighted by Crippen LogP contribution is 2.31. The first-order chi connectivity index (χ1) is 18.6. The molecule has 4 unspecified atom stereocenters. The average Bonchev–Trinajstić information content (AvgIpc) is 3.82. The van der Waals surface area contributed by atoms with Crippen molar-refractivity contribution in [2.45, 2.75) is 180 Å². The first-order valence-corrected chi connectivity index (χ1v) is 16.3. The molecule has 2 fully saturated rings. The van der Waals surface area contributed by atoms with Gasteiger partial charge in [-0.3, -0.25) is 9.59 Å². The Morgan fingerprint density at radius 3 is 1.13 bits per heavy atom. The molecule has 2 heterocycles. The van der Waals surface area contributed by atoms with E-state index < -0.39 is 0 Å². The van der Waals surface area contributed by atoms with Gasteiger partial charge < -0.3 is 18.9 Å². The molecule has 0 radical (unpaired) electrons. The molecule has 2 aliphatic rings. The molecular formula is C32H58O6. The summed E-state index contributed by atoms with van der Waals surface area (Å²) in [5.41, 5.74) is 0. The number of carbonyl (C=O) groups is 2. The fraction of sp³-hybridized carbons (Fsp3) is 0.938. The van der Waals surface area contributed by atoms with Crippen LogP contribution < -0.4 is 0 Å². The van der Waals surface area contributed by atoms with E-state index in [1.807, 2.05) is 0 Å². The van der Waals surface area contributed by atoms with Crippen LogP contribution in [-0.4, -0.2) is 49.6 Å². The second-order valence-corrected chi connectivity index (χ2v) is 11.5. The summed E-state index contributed by atoms with van der Waals surface area (Å²) in [7, 11) is 0. The largest absolute Gasteiger partial charge is 0.462 e. The van der Waals surface area contributed by atoms with Gasteiger partial charge in [0.05, 0.1) is 37.3 Å². The molecule has 2 aliphatic heterocycles. The number of epoxide rings is 2. The Bertz CT molecular complexity index is 557. The average molecular weight is 539 g/mol. The topological polar surface area (TPSA) is 77.7 Å². The summed E-state index contributed by atoms with van der Waals surface area (Å²) in [6, 6.07) is 0. The summed E-state index contributed by atoms with van der Waals surface area (Å²) >= 11 is 0. The van der Waals surface area contributed by atoms with Crippen LogP contribution in [0.1, 0.15) is 155 Å². The molecule has 2 saturated heterocycles. The van der Waals surface area contributed by atoms with Gasteiger partial charge in [0, 0.05) is 0 Å². The van der Waals surface area contributed by atoms with Gasteiger partial charge >= 0.3 is 11.9 Å². The van der Waals surface area contributed by atoms with Crippen LogP contribution >= 0.6 is 0 Å². The van der Waals surface area contributed by atoms with Gasteiger partial charge in [0.1, 0.15) is 13.2 Å². The van der Waals surface area contributed by atoms with E-state index in [1.54, 1.807) is 0 Å². The van der Waals surface area contributed by atoms with Crippen LogP contribution in [0, 0.1) is 0 Å². The smallest absolute Gasteiger partial charge is 0.308 e. The fourth-order valence-corrected chi connectivity index (χ4v) is 5.30. The minimum absolute atomic E-state index is 0.00818. The van der Waals surface area contributed by atoms with Gasteiger partial charge in [-0.1, -0.05) is 129 Å². The van der Waals surface area contributed by atoms with Gasteiger partial charge in [-0.15, -0.1) is 0 Å². The lowest BCUT2D eigenvalue weighted by atomic mass is 10.0. The van der Waals surface area contributed by atoms with E-state index in [-0.39, 0.29) is 49.6 Å². The quantitative estimate of drug-likeness (QED) is 0.0595. The molecule has 0 saturated carbocycles. The zero-order chi connectivity index (χ0) is 27.3. The highest BCUT2D eigenvalue weighted by Gasteiger charge is 2.40. The van der Waals surface area contributed by atoms with Crippen LogP contribution in [0.2, 0.25) is 0 Å². The number of esters is 2. The van der Waals surface area contributed by atoms with E-state index in [1.165, 1.54) is 116 Å². The summed E-state index contributed by atoms with van der Waals surface area (Å²) in [6.45, 7) is 4.72. The molecule has 0 aliphatic carbocycles. The number of carbonyl (C=O) groups excluding carboxylic acids is 2. The predicted octanol–water partition coefficient (Wildman–Crippen LogP) is 8.23. The van der Waals surface area contributed by atoms with Crippen LogP contribution in [0.3, 0.4) is 0 Å². The van der Waals surface area contributed by atoms with Gasteiger partial charge in [-0.2, -0.15) is 0 Å². The Morgan fingerprint density at radius 1 is 0.474 bits per heavy atom. The number of hydrogen-bond acceptors (Lipinski definition) is 6. The molecule has 0 aromatic heterocycles. The second kappa shape index (κ2) is 21.7. The summed E-state index contributed by atoms with van der Waals surface area (Å²) in [6.07, 6.45) is 26.8. The Hall–Kier alpha value is -1.14. The first kappa shape index (κ1) is 33.1. The standard InChI is InChI=1S/C32H58O6/c1-3-5-7-9-11-13-15-17-19-21-27-29(37-27)25-31(33)35-23-24-36-32(34)26-30-28(38-30)22-20-18-16-14-12-10-8-6-4-2/h27-30H,3-26H2,1-2H3. The van der Waals surface area contributed by atoms with Crippen molar-refractivity contribution in [3.05, 3.63) is 0 Å². The van der Waals surface area contributed by atoms with Gasteiger partial charge in [0.25, 0.3) is 0 Å². The lowest BCUT2D eigenvalue weighted by Crippen LogP contribution is -2.16. The molecule has 222 valence electrons. The highest BCUT2D eigenvalue weighted by atomic mass is 16.6. The summed E-state index contributed by atoms with van der Waals surface area (Å²) in [5.74, 6) is -0.542. The Balaban J connectivity index is 1.32. The molecule has 0 amide bonds. The number of rotatable bonds is 27. The Kier molecular flexibility index (Phi) is 18.8. The van der Waals surface area contributed by atoms with Gasteiger partial charge in [-0.25, -0.2) is 0 Å². The summed E-state index contributed by atoms with van der Waals surface area (Å²) < 4.78 is 21.7. The third-order valence-electron chi connectivity index (χ3n) is 7.90. The molecular weight excluding hydrogens is 480 g/mol. The predicted molar refractivity (Wildman–Crippen MR) is 152 cm³/mol. The van der Waals surface area contributed by atoms with Gasteiger partial charge in [-0.05, 0) is 12.8 Å². The molecule has 6 heteroatoms. The van der Waals surface area contributed by atoms with Crippen LogP contribution in [0.25, 0.3) is 0 Å². The zero-order valence-electron chi connectivity index (χ0n) is 24.7. The highest BCUT2D eigenvalue weighted by molar-refractivity contribution is 5.71. The van der Waals surface area contributed by atoms with Crippen molar-refractivity contribution in [1.29, 1.82) is 0 Å². The minimum atomic E-state index is -0.271. The van der Waals surface area contributed by atoms with Gasteiger partial charge in [0.15, 0.2) is 0 Å². The molecule has 0 N–H and O–H groups in total. The van der Waals surface area contributed by atoms with E-state index in [0.717, 1.165) is 12.8 Å². The molecule has 0 bridgehead atoms. The second-order valence-electron chi connectivity index (χ2n) is 11.5. The molecule has 0 aromatic rings. The van der Waals surface area contributed by atoms with Crippen molar-refractivity contribution in [2.75, 3.05) is 13.2 Å². The minimum Gasteiger partial charge on any atom is -0.462 e. The van der Waals surface area contributed by atoms with Crippen molar-refractivity contribution in [1.82, 2.24) is 0 Å². The van der Waals surface area contributed by atoms with Crippen molar-refractivity contribution >= 4 is 11.9 Å². The maximum Gasteiger partial charge on any atom is 0.308 e. The van der Waals surface area contributed by atoms with Crippen LogP contribution in [0.15, 0.2) is 0 Å². The van der Waals surface area contributed by atoms with Gasteiger partial charge in [0.2, 0.25) is 0 Å². The Morgan fingerprint density at radius 2 is 0.789 bits per heavy atom. The van der Waals surface area contributed by atoms with E-state index in [4.69, 9.17) is 18.9 Å². The monoisotopic (exact) mass is 538 g/mol. The van der Waals surface area contributed by atoms with Crippen LogP contribution in [-0.2, 0) is 28.5 Å². The van der Waals surface area contributed by atoms with Crippen molar-refractivity contribution in [3.63, 3.8) is 0 Å². The SMILES string of the molecule is CCCCCCCCCCCC1OC1CC(=O)OCCOC(=O)CC1OC1CCCCCCCCCCC. The third kappa shape index (κ3) is 17.4. The van der Waals surface area contributed by atoms with Crippen molar-refractivity contribution < 1.29 is 28.5 Å². The number of ether oxygens (including phenoxy) is 4. The zero-order valence-corrected chi connectivity index (χ0v) is 24.7. The van der Waals surface area contributed by atoms with Crippen molar-refractivity contribution in [2.24, 2.45) is 0 Å². The molecule has 2 rings (SSSR count). The van der Waals surface area contributed by atoms with E-state index in [2.05, 4.69) is 13.8 Å². The normalized spacial score (nSPS) is 21.8. The third-order valence-corrected chi connectivity index (χ3v) is 7.90. The molecule has 0 spiro atoms. The summed E-state index contributed by atoms with van der Waals surface area (Å²) in [4.78, 5) is 24.0. The lowest BCUT2D eigenvalue weighted by Gasteiger charge is -2.05. The fourth-order valence-electron chi connectivity index (χ4n) is 5.30. The molecule has 4 atom stereocenters. The maximum atomic E-state index is 12.0. The van der Waals surface area contributed by atoms with Crippen LogP contribution in [0.5, 0.6) is 0 Å². The molecule has 0 aromatic carbocycles.